The van der Waals surface area contributed by atoms with Gasteiger partial charge in [0.1, 0.15) is 0 Å². The molecule has 0 saturated heterocycles. The second kappa shape index (κ2) is 6.29. The van der Waals surface area contributed by atoms with E-state index < -0.39 is 0 Å². The van der Waals surface area contributed by atoms with Gasteiger partial charge in [0, 0.05) is 13.1 Å². The zero-order valence-corrected chi connectivity index (χ0v) is 12.9. The van der Waals surface area contributed by atoms with Gasteiger partial charge >= 0.3 is 6.03 Å². The Kier molecular flexibility index (Phi) is 4.69. The Labute approximate surface area is 122 Å². The van der Waals surface area contributed by atoms with E-state index in [0.29, 0.717) is 0 Å². The smallest absolute Gasteiger partial charge is 0.318 e. The fourth-order valence-electron chi connectivity index (χ4n) is 2.62. The number of hydrogen-bond acceptors (Lipinski definition) is 1. The van der Waals surface area contributed by atoms with Crippen LogP contribution in [0.3, 0.4) is 0 Å². The van der Waals surface area contributed by atoms with E-state index in [2.05, 4.69) is 50.4 Å². The Hall–Kier alpha value is -1.51. The number of nitrogens with zero attached hydrogens (tertiary/aromatic N) is 1. The number of amides is 2. The number of carbonyl (C=O) groups excluding carboxylic acids is 1. The van der Waals surface area contributed by atoms with E-state index >= 15 is 0 Å². The Morgan fingerprint density at radius 3 is 2.15 bits per heavy atom. The van der Waals surface area contributed by atoms with E-state index in [4.69, 9.17) is 0 Å². The molecule has 1 aliphatic carbocycles. The van der Waals surface area contributed by atoms with Crippen molar-refractivity contribution in [1.29, 1.82) is 0 Å². The summed E-state index contributed by atoms with van der Waals surface area (Å²) in [6.07, 6.45) is 4.11. The number of hydrogen-bond donors (Lipinski definition) is 1. The molecule has 2 rings (SSSR count). The van der Waals surface area contributed by atoms with Crippen LogP contribution in [-0.2, 0) is 5.54 Å². The highest BCUT2D eigenvalue weighted by Crippen LogP contribution is 2.45. The number of benzene rings is 1. The first kappa shape index (κ1) is 14.9. The maximum absolute atomic E-state index is 12.4. The summed E-state index contributed by atoms with van der Waals surface area (Å²) >= 11 is 0. The topological polar surface area (TPSA) is 32.3 Å². The Bertz CT molecular complexity index is 443. The molecule has 2 amide bonds. The normalized spacial score (nSPS) is 15.8. The minimum atomic E-state index is -0.107. The third-order valence-electron chi connectivity index (χ3n) is 3.97. The second-order valence-corrected chi connectivity index (χ2v) is 5.87. The maximum Gasteiger partial charge on any atom is 0.318 e. The van der Waals surface area contributed by atoms with Gasteiger partial charge in [-0.15, -0.1) is 0 Å². The fraction of sp³-hybridized carbons (Fsp3) is 0.588. The van der Waals surface area contributed by atoms with Crippen LogP contribution in [-0.4, -0.2) is 24.0 Å². The van der Waals surface area contributed by atoms with Crippen molar-refractivity contribution in [2.24, 2.45) is 0 Å². The van der Waals surface area contributed by atoms with Crippen LogP contribution in [0.1, 0.15) is 50.7 Å². The molecule has 1 fully saturated rings. The average Bonchev–Trinajstić information content (AvgIpc) is 3.20. The van der Waals surface area contributed by atoms with E-state index in [1.807, 2.05) is 4.90 Å². The van der Waals surface area contributed by atoms with Crippen molar-refractivity contribution in [3.05, 3.63) is 35.4 Å². The summed E-state index contributed by atoms with van der Waals surface area (Å²) in [4.78, 5) is 14.4. The highest BCUT2D eigenvalue weighted by atomic mass is 16.2. The van der Waals surface area contributed by atoms with Gasteiger partial charge in [-0.1, -0.05) is 43.7 Å². The monoisotopic (exact) mass is 274 g/mol. The molecule has 1 N–H and O–H groups in total. The van der Waals surface area contributed by atoms with Crippen LogP contribution in [0.15, 0.2) is 24.3 Å². The predicted molar refractivity (Wildman–Crippen MR) is 82.8 cm³/mol. The molecule has 3 heteroatoms. The molecule has 20 heavy (non-hydrogen) atoms. The summed E-state index contributed by atoms with van der Waals surface area (Å²) in [7, 11) is 0. The van der Waals surface area contributed by atoms with Gasteiger partial charge in [-0.3, -0.25) is 0 Å². The molecule has 1 aliphatic rings. The molecule has 1 aromatic carbocycles. The lowest BCUT2D eigenvalue weighted by Gasteiger charge is -2.26. The highest BCUT2D eigenvalue weighted by molar-refractivity contribution is 5.76. The third-order valence-corrected chi connectivity index (χ3v) is 3.97. The van der Waals surface area contributed by atoms with Gasteiger partial charge in [0.2, 0.25) is 0 Å². The number of nitrogens with one attached hydrogen (secondary N) is 1. The van der Waals surface area contributed by atoms with E-state index in [-0.39, 0.29) is 11.6 Å². The molecule has 3 nitrogen and oxygen atoms in total. The van der Waals surface area contributed by atoms with Gasteiger partial charge in [-0.25, -0.2) is 4.79 Å². The van der Waals surface area contributed by atoms with Gasteiger partial charge in [-0.05, 0) is 38.2 Å². The Balaban J connectivity index is 2.04. The van der Waals surface area contributed by atoms with Crippen molar-refractivity contribution in [2.75, 3.05) is 13.1 Å². The molecule has 0 unspecified atom stereocenters. The van der Waals surface area contributed by atoms with E-state index in [9.17, 15) is 4.79 Å². The first-order chi connectivity index (χ1) is 9.61. The van der Waals surface area contributed by atoms with Gasteiger partial charge in [0.05, 0.1) is 5.54 Å². The standard InChI is InChI=1S/C17H26N2O/c1-4-12-19(13-5-2)16(20)18-17(10-11-17)15-8-6-14(3)7-9-15/h6-9H,4-5,10-13H2,1-3H3,(H,18,20). The van der Waals surface area contributed by atoms with Crippen molar-refractivity contribution in [2.45, 2.75) is 52.0 Å². The molecule has 0 spiro atoms. The van der Waals surface area contributed by atoms with Crippen LogP contribution in [0.4, 0.5) is 4.79 Å². The van der Waals surface area contributed by atoms with Crippen molar-refractivity contribution in [3.63, 3.8) is 0 Å². The van der Waals surface area contributed by atoms with Crippen LogP contribution in [0, 0.1) is 6.92 Å². The first-order valence-corrected chi connectivity index (χ1v) is 7.75. The number of carbonyl (C=O) groups is 1. The average molecular weight is 274 g/mol. The van der Waals surface area contributed by atoms with Crippen molar-refractivity contribution in [3.8, 4) is 0 Å². The molecule has 110 valence electrons. The van der Waals surface area contributed by atoms with E-state index in [1.165, 1.54) is 11.1 Å². The Morgan fingerprint density at radius 2 is 1.70 bits per heavy atom. The molecule has 0 atom stereocenters. The van der Waals surface area contributed by atoms with Crippen LogP contribution in [0.5, 0.6) is 0 Å². The second-order valence-electron chi connectivity index (χ2n) is 5.87. The lowest BCUT2D eigenvalue weighted by molar-refractivity contribution is 0.192. The lowest BCUT2D eigenvalue weighted by atomic mass is 10.0. The number of urea groups is 1. The minimum absolute atomic E-state index is 0.0896. The maximum atomic E-state index is 12.4. The lowest BCUT2D eigenvalue weighted by Crippen LogP contribution is -2.45. The van der Waals surface area contributed by atoms with Gasteiger partial charge in [0.25, 0.3) is 0 Å². The predicted octanol–water partition coefficient (Wildman–Crippen LogP) is 3.82. The summed E-state index contributed by atoms with van der Waals surface area (Å²) < 4.78 is 0. The molecular weight excluding hydrogens is 248 g/mol. The molecule has 1 saturated carbocycles. The molecule has 0 radical (unpaired) electrons. The van der Waals surface area contributed by atoms with Crippen LogP contribution >= 0.6 is 0 Å². The zero-order chi connectivity index (χ0) is 14.6. The molecular formula is C17H26N2O. The van der Waals surface area contributed by atoms with Gasteiger partial charge in [0.15, 0.2) is 0 Å². The molecule has 0 heterocycles. The van der Waals surface area contributed by atoms with Crippen LogP contribution < -0.4 is 5.32 Å². The summed E-state index contributed by atoms with van der Waals surface area (Å²) in [5.74, 6) is 0. The van der Waals surface area contributed by atoms with E-state index in [1.54, 1.807) is 0 Å². The fourth-order valence-corrected chi connectivity index (χ4v) is 2.62. The number of aryl methyl sites for hydroxylation is 1. The molecule has 0 aliphatic heterocycles. The third kappa shape index (κ3) is 3.33. The minimum Gasteiger partial charge on any atom is -0.328 e. The Morgan fingerprint density at radius 1 is 1.15 bits per heavy atom. The first-order valence-electron chi connectivity index (χ1n) is 7.75. The van der Waals surface area contributed by atoms with Crippen LogP contribution in [0.2, 0.25) is 0 Å². The van der Waals surface area contributed by atoms with Crippen molar-refractivity contribution >= 4 is 6.03 Å². The van der Waals surface area contributed by atoms with Gasteiger partial charge < -0.3 is 10.2 Å². The van der Waals surface area contributed by atoms with E-state index in [0.717, 1.165) is 38.8 Å². The SMILES string of the molecule is CCCN(CCC)C(=O)NC1(c2ccc(C)cc2)CC1. The van der Waals surface area contributed by atoms with Crippen molar-refractivity contribution in [1.82, 2.24) is 10.2 Å². The summed E-state index contributed by atoms with van der Waals surface area (Å²) in [6, 6.07) is 8.63. The summed E-state index contributed by atoms with van der Waals surface area (Å²) in [5, 5.41) is 3.26. The van der Waals surface area contributed by atoms with Crippen molar-refractivity contribution < 1.29 is 4.79 Å². The zero-order valence-electron chi connectivity index (χ0n) is 12.9. The molecule has 1 aromatic rings. The summed E-state index contributed by atoms with van der Waals surface area (Å²) in [6.45, 7) is 7.99. The summed E-state index contributed by atoms with van der Waals surface area (Å²) in [5.41, 5.74) is 2.39. The number of rotatable bonds is 6. The quantitative estimate of drug-likeness (QED) is 0.840. The van der Waals surface area contributed by atoms with Gasteiger partial charge in [-0.2, -0.15) is 0 Å². The van der Waals surface area contributed by atoms with Crippen LogP contribution in [0.25, 0.3) is 0 Å². The highest BCUT2D eigenvalue weighted by Gasteiger charge is 2.46. The largest absolute Gasteiger partial charge is 0.328 e. The molecule has 0 bridgehead atoms. The molecule has 0 aromatic heterocycles.